The molecule has 0 atom stereocenters. The van der Waals surface area contributed by atoms with E-state index in [1.165, 1.54) is 6.07 Å². The lowest BCUT2D eigenvalue weighted by molar-refractivity contribution is 0.395. The van der Waals surface area contributed by atoms with Crippen LogP contribution in [0.5, 0.6) is 0 Å². The maximum absolute atomic E-state index is 13.9. The predicted octanol–water partition coefficient (Wildman–Crippen LogP) is 3.81. The number of aryl methyl sites for hydroxylation is 1. The average molecular weight is 265 g/mol. The summed E-state index contributed by atoms with van der Waals surface area (Å²) in [4.78, 5) is 0. The summed E-state index contributed by atoms with van der Waals surface area (Å²) in [7, 11) is 0. The normalized spacial score (nSPS) is 11.8. The van der Waals surface area contributed by atoms with Gasteiger partial charge >= 0.3 is 0 Å². The van der Waals surface area contributed by atoms with Gasteiger partial charge in [-0.2, -0.15) is 5.10 Å². The zero-order valence-corrected chi connectivity index (χ0v) is 11.7. The largest absolute Gasteiger partial charge is 0.295 e. The second-order valence-electron chi connectivity index (χ2n) is 5.34. The van der Waals surface area contributed by atoms with Gasteiger partial charge in [0.2, 0.25) is 0 Å². The highest BCUT2D eigenvalue weighted by Gasteiger charge is 2.22. The fraction of sp³-hybridized carbons (Fsp3) is 0.385. The van der Waals surface area contributed by atoms with Crippen LogP contribution in [0, 0.1) is 17.5 Å². The van der Waals surface area contributed by atoms with E-state index in [0.717, 1.165) is 5.56 Å². The van der Waals surface area contributed by atoms with Crippen LogP contribution in [-0.2, 0) is 5.54 Å². The van der Waals surface area contributed by atoms with E-state index in [2.05, 4.69) is 10.2 Å². The molecular weight excluding hydrogens is 249 g/mol. The number of rotatable bonds is 1. The topological polar surface area (TPSA) is 33.6 Å². The molecule has 0 radical (unpaired) electrons. The molecule has 3 nitrogen and oxygen atoms in total. The van der Waals surface area contributed by atoms with Crippen LogP contribution < -0.4 is 0 Å². The first-order valence-electron chi connectivity index (χ1n) is 5.75. The molecule has 0 aliphatic heterocycles. The quantitative estimate of drug-likeness (QED) is 0.795. The second kappa shape index (κ2) is 4.31. The zero-order valence-electron chi connectivity index (χ0n) is 10.9. The molecule has 1 aromatic heterocycles. The molecule has 18 heavy (non-hydrogen) atoms. The minimum Gasteiger partial charge on any atom is -0.295 e. The summed E-state index contributed by atoms with van der Waals surface area (Å²) in [5.41, 5.74) is 1.20. The number of hydrogen-bond acceptors (Lipinski definition) is 2. The third kappa shape index (κ3) is 2.22. The SMILES string of the molecule is Cc1ccc(F)c(-c2n[nH]c(=S)n2C(C)(C)C)c1. The molecule has 96 valence electrons. The monoisotopic (exact) mass is 265 g/mol. The number of hydrogen-bond donors (Lipinski definition) is 1. The van der Waals surface area contributed by atoms with Gasteiger partial charge in [0.1, 0.15) is 5.82 Å². The first-order chi connectivity index (χ1) is 8.30. The number of aromatic nitrogens is 3. The molecule has 0 aliphatic carbocycles. The number of benzene rings is 1. The highest BCUT2D eigenvalue weighted by Crippen LogP contribution is 2.27. The van der Waals surface area contributed by atoms with Crippen LogP contribution in [0.1, 0.15) is 26.3 Å². The minimum atomic E-state index is -0.292. The third-order valence-corrected chi connectivity index (χ3v) is 2.98. The van der Waals surface area contributed by atoms with Crippen LogP contribution >= 0.6 is 12.2 Å². The Kier molecular flexibility index (Phi) is 3.11. The van der Waals surface area contributed by atoms with Crippen molar-refractivity contribution in [3.05, 3.63) is 34.4 Å². The Labute approximate surface area is 111 Å². The number of aromatic amines is 1. The van der Waals surface area contributed by atoms with E-state index in [4.69, 9.17) is 12.2 Å². The Morgan fingerprint density at radius 2 is 2.00 bits per heavy atom. The number of nitrogens with zero attached hydrogens (tertiary/aromatic N) is 2. The van der Waals surface area contributed by atoms with Crippen molar-refractivity contribution in [1.82, 2.24) is 14.8 Å². The molecule has 0 bridgehead atoms. The van der Waals surface area contributed by atoms with Crippen molar-refractivity contribution >= 4 is 12.2 Å². The van der Waals surface area contributed by atoms with Gasteiger partial charge in [0.15, 0.2) is 10.6 Å². The lowest BCUT2D eigenvalue weighted by atomic mass is 10.1. The van der Waals surface area contributed by atoms with Gasteiger partial charge in [-0.05, 0) is 52.0 Å². The number of nitrogens with one attached hydrogen (secondary N) is 1. The van der Waals surface area contributed by atoms with Crippen molar-refractivity contribution in [2.75, 3.05) is 0 Å². The molecule has 1 aromatic carbocycles. The van der Waals surface area contributed by atoms with E-state index in [9.17, 15) is 4.39 Å². The molecule has 0 amide bonds. The number of halogens is 1. The van der Waals surface area contributed by atoms with Crippen molar-refractivity contribution in [1.29, 1.82) is 0 Å². The van der Waals surface area contributed by atoms with E-state index in [-0.39, 0.29) is 11.4 Å². The van der Waals surface area contributed by atoms with E-state index < -0.39 is 0 Å². The van der Waals surface area contributed by atoms with Crippen molar-refractivity contribution in [3.8, 4) is 11.4 Å². The first kappa shape index (κ1) is 13.0. The summed E-state index contributed by atoms with van der Waals surface area (Å²) in [6, 6.07) is 4.97. The molecule has 0 spiro atoms. The van der Waals surface area contributed by atoms with Gasteiger partial charge < -0.3 is 0 Å². The van der Waals surface area contributed by atoms with Crippen molar-refractivity contribution in [2.45, 2.75) is 33.2 Å². The fourth-order valence-electron chi connectivity index (χ4n) is 1.91. The van der Waals surface area contributed by atoms with Crippen molar-refractivity contribution in [3.63, 3.8) is 0 Å². The molecule has 2 aromatic rings. The van der Waals surface area contributed by atoms with Crippen LogP contribution in [0.4, 0.5) is 4.39 Å². The number of H-pyrrole nitrogens is 1. The maximum Gasteiger partial charge on any atom is 0.195 e. The second-order valence-corrected chi connectivity index (χ2v) is 5.73. The van der Waals surface area contributed by atoms with Crippen LogP contribution in [-0.4, -0.2) is 14.8 Å². The Morgan fingerprint density at radius 3 is 2.61 bits per heavy atom. The molecule has 5 heteroatoms. The molecule has 0 unspecified atom stereocenters. The Morgan fingerprint density at radius 1 is 1.33 bits per heavy atom. The summed E-state index contributed by atoms with van der Waals surface area (Å²) in [5, 5.41) is 6.90. The highest BCUT2D eigenvalue weighted by molar-refractivity contribution is 7.71. The van der Waals surface area contributed by atoms with Gasteiger partial charge in [-0.1, -0.05) is 11.6 Å². The molecule has 1 N–H and O–H groups in total. The van der Waals surface area contributed by atoms with Gasteiger partial charge in [0, 0.05) is 5.54 Å². The summed E-state index contributed by atoms with van der Waals surface area (Å²) < 4.78 is 16.3. The van der Waals surface area contributed by atoms with Crippen LogP contribution in [0.25, 0.3) is 11.4 Å². The predicted molar refractivity (Wildman–Crippen MR) is 72.5 cm³/mol. The van der Waals surface area contributed by atoms with Crippen molar-refractivity contribution in [2.24, 2.45) is 0 Å². The van der Waals surface area contributed by atoms with E-state index >= 15 is 0 Å². The van der Waals surface area contributed by atoms with E-state index in [1.54, 1.807) is 12.1 Å². The minimum absolute atomic E-state index is 0.254. The summed E-state index contributed by atoms with van der Waals surface area (Å²) in [6.07, 6.45) is 0. The Bertz CT molecular complexity index is 634. The lowest BCUT2D eigenvalue weighted by Crippen LogP contribution is -2.23. The Balaban J connectivity index is 2.73. The molecule has 0 fully saturated rings. The first-order valence-corrected chi connectivity index (χ1v) is 6.16. The summed E-state index contributed by atoms with van der Waals surface area (Å²) >= 11 is 5.22. The molecule has 2 rings (SSSR count). The van der Waals surface area contributed by atoms with Crippen LogP contribution in [0.2, 0.25) is 0 Å². The van der Waals surface area contributed by atoms with Crippen LogP contribution in [0.3, 0.4) is 0 Å². The van der Waals surface area contributed by atoms with Gasteiger partial charge in [0.05, 0.1) is 5.56 Å². The summed E-state index contributed by atoms with van der Waals surface area (Å²) in [5.74, 6) is 0.244. The molecular formula is C13H16FN3S. The zero-order chi connectivity index (χ0) is 13.5. The van der Waals surface area contributed by atoms with E-state index in [1.807, 2.05) is 32.3 Å². The van der Waals surface area contributed by atoms with Gasteiger partial charge in [-0.25, -0.2) is 4.39 Å². The van der Waals surface area contributed by atoms with Crippen LogP contribution in [0.15, 0.2) is 18.2 Å². The van der Waals surface area contributed by atoms with E-state index in [0.29, 0.717) is 16.2 Å². The average Bonchev–Trinajstić information content (AvgIpc) is 2.63. The molecule has 0 saturated heterocycles. The fourth-order valence-corrected chi connectivity index (χ4v) is 2.32. The smallest absolute Gasteiger partial charge is 0.195 e. The molecule has 0 aliphatic rings. The molecule has 0 saturated carbocycles. The lowest BCUT2D eigenvalue weighted by Gasteiger charge is -2.22. The van der Waals surface area contributed by atoms with Gasteiger partial charge in [-0.3, -0.25) is 9.67 Å². The summed E-state index contributed by atoms with van der Waals surface area (Å²) in [6.45, 7) is 7.95. The van der Waals surface area contributed by atoms with Crippen molar-refractivity contribution < 1.29 is 4.39 Å². The standard InChI is InChI=1S/C13H16FN3S/c1-8-5-6-10(14)9(7-8)11-15-16-12(18)17(11)13(2,3)4/h5-7H,1-4H3,(H,16,18). The molecule has 1 heterocycles. The van der Waals surface area contributed by atoms with Gasteiger partial charge in [-0.15, -0.1) is 0 Å². The third-order valence-electron chi connectivity index (χ3n) is 2.71. The maximum atomic E-state index is 13.9. The van der Waals surface area contributed by atoms with Gasteiger partial charge in [0.25, 0.3) is 0 Å². The Hall–Kier alpha value is -1.49. The highest BCUT2D eigenvalue weighted by atomic mass is 32.1.